The molecule has 21 heavy (non-hydrogen) atoms. The molecule has 2 atom stereocenters. The lowest BCUT2D eigenvalue weighted by molar-refractivity contribution is -0.0444. The molecule has 1 aliphatic carbocycles. The van der Waals surface area contributed by atoms with Crippen molar-refractivity contribution in [3.63, 3.8) is 0 Å². The van der Waals surface area contributed by atoms with Gasteiger partial charge in [0.05, 0.1) is 6.61 Å². The fraction of sp³-hybridized carbons (Fsp3) is 0.750. The third-order valence-electron chi connectivity index (χ3n) is 4.72. The van der Waals surface area contributed by atoms with E-state index in [0.717, 1.165) is 51.3 Å². The molecule has 2 N–H and O–H groups in total. The Morgan fingerprint density at radius 3 is 3.10 bits per heavy atom. The highest BCUT2D eigenvalue weighted by Crippen LogP contribution is 2.26. The van der Waals surface area contributed by atoms with E-state index in [9.17, 15) is 0 Å². The lowest BCUT2D eigenvalue weighted by Gasteiger charge is -2.35. The van der Waals surface area contributed by atoms with Crippen molar-refractivity contribution in [1.29, 1.82) is 0 Å². The molecule has 0 bridgehead atoms. The highest BCUT2D eigenvalue weighted by molar-refractivity contribution is 5.22. The molecule has 0 amide bonds. The lowest BCUT2D eigenvalue weighted by atomic mass is 9.87. The summed E-state index contributed by atoms with van der Waals surface area (Å²) in [6, 6.07) is 0.541. The van der Waals surface area contributed by atoms with Gasteiger partial charge in [-0.3, -0.25) is 4.90 Å². The van der Waals surface area contributed by atoms with Gasteiger partial charge in [0.2, 0.25) is 0 Å². The van der Waals surface area contributed by atoms with Gasteiger partial charge in [0, 0.05) is 31.0 Å². The van der Waals surface area contributed by atoms with Gasteiger partial charge in [-0.2, -0.15) is 0 Å². The molecule has 1 saturated heterocycles. The molecule has 2 aliphatic rings. The van der Waals surface area contributed by atoms with Crippen LogP contribution in [0.5, 0.6) is 0 Å². The van der Waals surface area contributed by atoms with Crippen molar-refractivity contribution in [2.24, 2.45) is 11.7 Å². The van der Waals surface area contributed by atoms with Crippen molar-refractivity contribution in [3.05, 3.63) is 23.3 Å². The van der Waals surface area contributed by atoms with Crippen molar-refractivity contribution in [2.45, 2.75) is 45.3 Å². The summed E-state index contributed by atoms with van der Waals surface area (Å²) in [5.74, 6) is 1.44. The summed E-state index contributed by atoms with van der Waals surface area (Å²) in [5, 5.41) is 0. The molecule has 1 aromatic heterocycles. The first kappa shape index (κ1) is 14.9. The van der Waals surface area contributed by atoms with E-state index >= 15 is 0 Å². The van der Waals surface area contributed by atoms with Crippen LogP contribution in [0.25, 0.3) is 0 Å². The van der Waals surface area contributed by atoms with Crippen LogP contribution in [0.15, 0.2) is 6.20 Å². The zero-order valence-electron chi connectivity index (χ0n) is 13.1. The van der Waals surface area contributed by atoms with Gasteiger partial charge < -0.3 is 10.5 Å². The predicted molar refractivity (Wildman–Crippen MR) is 82.0 cm³/mol. The van der Waals surface area contributed by atoms with Crippen molar-refractivity contribution in [3.8, 4) is 0 Å². The van der Waals surface area contributed by atoms with Crippen molar-refractivity contribution < 1.29 is 4.74 Å². The lowest BCUT2D eigenvalue weighted by Crippen LogP contribution is -2.42. The van der Waals surface area contributed by atoms with Gasteiger partial charge in [-0.25, -0.2) is 9.97 Å². The molecule has 0 aromatic carbocycles. The molecule has 0 spiro atoms. The van der Waals surface area contributed by atoms with E-state index < -0.39 is 0 Å². The normalized spacial score (nSPS) is 26.9. The SMILES string of the molecule is CC(C)N1CCOC(c2ncc3c(n2)CCC(CN)C3)C1. The molecule has 2 unspecified atom stereocenters. The van der Waals surface area contributed by atoms with Gasteiger partial charge in [-0.05, 0) is 51.1 Å². The first-order valence-electron chi connectivity index (χ1n) is 8.07. The number of fused-ring (bicyclic) bond motifs is 1. The van der Waals surface area contributed by atoms with Crippen LogP contribution >= 0.6 is 0 Å². The molecule has 5 nitrogen and oxygen atoms in total. The van der Waals surface area contributed by atoms with Crippen molar-refractivity contribution >= 4 is 0 Å². The molecule has 116 valence electrons. The molecular formula is C16H26N4O. The first-order valence-corrected chi connectivity index (χ1v) is 8.07. The second-order valence-corrected chi connectivity index (χ2v) is 6.49. The van der Waals surface area contributed by atoms with Crippen molar-refractivity contribution in [2.75, 3.05) is 26.2 Å². The van der Waals surface area contributed by atoms with Crippen LogP contribution in [0, 0.1) is 5.92 Å². The Morgan fingerprint density at radius 2 is 2.33 bits per heavy atom. The molecule has 3 rings (SSSR count). The molecule has 1 fully saturated rings. The summed E-state index contributed by atoms with van der Waals surface area (Å²) in [6.45, 7) is 7.86. The highest BCUT2D eigenvalue weighted by atomic mass is 16.5. The second-order valence-electron chi connectivity index (χ2n) is 6.49. The number of hydrogen-bond acceptors (Lipinski definition) is 5. The Kier molecular flexibility index (Phi) is 4.52. The Morgan fingerprint density at radius 1 is 1.48 bits per heavy atom. The number of aromatic nitrogens is 2. The first-order chi connectivity index (χ1) is 10.2. The third kappa shape index (κ3) is 3.25. The average Bonchev–Trinajstić information content (AvgIpc) is 2.54. The Hall–Kier alpha value is -1.04. The standard InChI is InChI=1S/C16H26N4O/c1-11(2)20-5-6-21-15(10-20)16-18-9-13-7-12(8-17)3-4-14(13)19-16/h9,11-12,15H,3-8,10,17H2,1-2H3. The fourth-order valence-corrected chi connectivity index (χ4v) is 3.25. The topological polar surface area (TPSA) is 64.3 Å². The number of nitrogens with zero attached hydrogens (tertiary/aromatic N) is 3. The zero-order valence-corrected chi connectivity index (χ0v) is 13.1. The average molecular weight is 290 g/mol. The van der Waals surface area contributed by atoms with Gasteiger partial charge in [-0.15, -0.1) is 0 Å². The number of ether oxygens (including phenoxy) is 1. The quantitative estimate of drug-likeness (QED) is 0.909. The molecule has 0 saturated carbocycles. The molecule has 2 heterocycles. The molecular weight excluding hydrogens is 264 g/mol. The van der Waals surface area contributed by atoms with Gasteiger partial charge in [0.15, 0.2) is 5.82 Å². The maximum absolute atomic E-state index is 5.89. The highest BCUT2D eigenvalue weighted by Gasteiger charge is 2.27. The van der Waals surface area contributed by atoms with Crippen molar-refractivity contribution in [1.82, 2.24) is 14.9 Å². The van der Waals surface area contributed by atoms with Crippen LogP contribution in [0.4, 0.5) is 0 Å². The maximum Gasteiger partial charge on any atom is 0.158 e. The van der Waals surface area contributed by atoms with Gasteiger partial charge in [0.25, 0.3) is 0 Å². The third-order valence-corrected chi connectivity index (χ3v) is 4.72. The van der Waals surface area contributed by atoms with Gasteiger partial charge in [-0.1, -0.05) is 0 Å². The Bertz CT molecular complexity index is 491. The fourth-order valence-electron chi connectivity index (χ4n) is 3.25. The Balaban J connectivity index is 1.75. The smallest absolute Gasteiger partial charge is 0.158 e. The van der Waals surface area contributed by atoms with Crippen LogP contribution in [0.2, 0.25) is 0 Å². The monoisotopic (exact) mass is 290 g/mol. The number of aryl methyl sites for hydroxylation is 1. The van der Waals surface area contributed by atoms with E-state index in [2.05, 4.69) is 23.7 Å². The van der Waals surface area contributed by atoms with E-state index in [1.54, 1.807) is 0 Å². The predicted octanol–water partition coefficient (Wildman–Crippen LogP) is 1.32. The molecule has 5 heteroatoms. The Labute approximate surface area is 126 Å². The summed E-state index contributed by atoms with van der Waals surface area (Å²) in [5.41, 5.74) is 8.26. The van der Waals surface area contributed by atoms with Crippen LogP contribution in [0.1, 0.15) is 43.5 Å². The summed E-state index contributed by atoms with van der Waals surface area (Å²) < 4.78 is 5.89. The second kappa shape index (κ2) is 6.38. The summed E-state index contributed by atoms with van der Waals surface area (Å²) in [6.07, 6.45) is 5.20. The summed E-state index contributed by atoms with van der Waals surface area (Å²) >= 11 is 0. The summed E-state index contributed by atoms with van der Waals surface area (Å²) in [7, 11) is 0. The minimum absolute atomic E-state index is 0.0127. The maximum atomic E-state index is 5.89. The summed E-state index contributed by atoms with van der Waals surface area (Å²) in [4.78, 5) is 11.8. The minimum Gasteiger partial charge on any atom is -0.368 e. The number of morpholine rings is 1. The van der Waals surface area contributed by atoms with Crippen LogP contribution < -0.4 is 5.73 Å². The van der Waals surface area contributed by atoms with E-state index in [1.807, 2.05) is 6.20 Å². The van der Waals surface area contributed by atoms with Gasteiger partial charge in [0.1, 0.15) is 6.10 Å². The number of rotatable bonds is 3. The van der Waals surface area contributed by atoms with Gasteiger partial charge >= 0.3 is 0 Å². The van der Waals surface area contributed by atoms with Crippen LogP contribution in [-0.4, -0.2) is 47.2 Å². The zero-order chi connectivity index (χ0) is 14.8. The minimum atomic E-state index is 0.0127. The molecule has 1 aromatic rings. The van der Waals surface area contributed by atoms with E-state index in [0.29, 0.717) is 12.0 Å². The number of nitrogens with two attached hydrogens (primary N) is 1. The van der Waals surface area contributed by atoms with E-state index in [1.165, 1.54) is 11.3 Å². The largest absolute Gasteiger partial charge is 0.368 e. The van der Waals surface area contributed by atoms with Crippen LogP contribution in [-0.2, 0) is 17.6 Å². The number of hydrogen-bond donors (Lipinski definition) is 1. The van der Waals surface area contributed by atoms with Crippen LogP contribution in [0.3, 0.4) is 0 Å². The molecule has 1 aliphatic heterocycles. The molecule has 0 radical (unpaired) electrons. The van der Waals surface area contributed by atoms with E-state index in [4.69, 9.17) is 15.5 Å². The van der Waals surface area contributed by atoms with E-state index in [-0.39, 0.29) is 6.10 Å².